The quantitative estimate of drug-likeness (QED) is 0.671. The van der Waals surface area contributed by atoms with Gasteiger partial charge in [-0.25, -0.2) is 9.78 Å². The number of methoxy groups -OCH3 is 1. The van der Waals surface area contributed by atoms with Crippen LogP contribution in [0.15, 0.2) is 12.1 Å². The summed E-state index contributed by atoms with van der Waals surface area (Å²) in [5.74, 6) is 0.00352. The van der Waals surface area contributed by atoms with Crippen LogP contribution in [0.25, 0.3) is 11.0 Å². The van der Waals surface area contributed by atoms with E-state index in [1.54, 1.807) is 4.90 Å². The van der Waals surface area contributed by atoms with Crippen molar-refractivity contribution in [3.8, 4) is 0 Å². The van der Waals surface area contributed by atoms with Crippen LogP contribution in [-0.4, -0.2) is 52.6 Å². The highest BCUT2D eigenvalue weighted by molar-refractivity contribution is 5.95. The molecule has 34 heavy (non-hydrogen) atoms. The third-order valence-corrected chi connectivity index (χ3v) is 7.97. The standard InChI is InChI=1S/C26H35N3O5/c1-16-8-10-20-21(28(16)26(32)33-2)11-12-22-24(20)27-23(13-9-19-7-4-14-34-19)29(22)18-6-3-5-17(15-18)25(30)31/h11-12,16-19H,3-10,13-15H2,1-2H3,(H,30,31)/t16-,17?,18?,19?/m0/s1. The number of aryl methyl sites for hydroxylation is 2. The van der Waals surface area contributed by atoms with Crippen molar-refractivity contribution in [3.63, 3.8) is 0 Å². The SMILES string of the molecule is COC(=O)N1c2ccc3c(nc(CCC4CCCO4)n3C3CCCC(C(=O)O)C3)c2CC[C@@H]1C. The topological polar surface area (TPSA) is 93.9 Å². The van der Waals surface area contributed by atoms with E-state index in [-0.39, 0.29) is 30.2 Å². The molecule has 1 aromatic carbocycles. The Hall–Kier alpha value is -2.61. The zero-order valence-electron chi connectivity index (χ0n) is 20.2. The number of anilines is 1. The van der Waals surface area contributed by atoms with Gasteiger partial charge in [-0.05, 0) is 70.4 Å². The minimum absolute atomic E-state index is 0.0631. The molecule has 3 aliphatic rings. The predicted molar refractivity (Wildman–Crippen MR) is 128 cm³/mol. The highest BCUT2D eigenvalue weighted by Gasteiger charge is 2.34. The number of rotatable bonds is 5. The molecule has 0 spiro atoms. The first-order valence-corrected chi connectivity index (χ1v) is 12.7. The van der Waals surface area contributed by atoms with E-state index in [4.69, 9.17) is 14.5 Å². The van der Waals surface area contributed by atoms with Gasteiger partial charge in [0.05, 0.1) is 35.9 Å². The molecule has 0 bridgehead atoms. The molecule has 2 aliphatic heterocycles. The molecule has 2 aromatic rings. The van der Waals surface area contributed by atoms with Gasteiger partial charge in [0, 0.05) is 30.7 Å². The summed E-state index contributed by atoms with van der Waals surface area (Å²) in [4.78, 5) is 31.2. The molecule has 1 amide bonds. The van der Waals surface area contributed by atoms with Crippen molar-refractivity contribution in [2.24, 2.45) is 5.92 Å². The van der Waals surface area contributed by atoms with Crippen LogP contribution < -0.4 is 4.90 Å². The Labute approximate surface area is 200 Å². The number of hydrogen-bond donors (Lipinski definition) is 1. The largest absolute Gasteiger partial charge is 0.481 e. The van der Waals surface area contributed by atoms with Gasteiger partial charge in [0.25, 0.3) is 0 Å². The monoisotopic (exact) mass is 469 g/mol. The number of aliphatic carboxylic acids is 1. The maximum absolute atomic E-state index is 12.6. The number of ether oxygens (including phenoxy) is 2. The molecular formula is C26H35N3O5. The van der Waals surface area contributed by atoms with E-state index in [1.165, 1.54) is 7.11 Å². The number of imidazole rings is 1. The summed E-state index contributed by atoms with van der Waals surface area (Å²) in [6.07, 6.45) is 8.81. The maximum Gasteiger partial charge on any atom is 0.414 e. The molecule has 1 saturated carbocycles. The van der Waals surface area contributed by atoms with E-state index in [0.717, 1.165) is 92.5 Å². The van der Waals surface area contributed by atoms with E-state index < -0.39 is 5.97 Å². The normalized spacial score (nSPS) is 27.1. The molecule has 184 valence electrons. The number of amides is 1. The number of carbonyl (C=O) groups excluding carboxylic acids is 1. The number of aromatic nitrogens is 2. The van der Waals surface area contributed by atoms with E-state index in [1.807, 2.05) is 13.0 Å². The zero-order valence-corrected chi connectivity index (χ0v) is 20.2. The molecule has 1 aromatic heterocycles. The minimum Gasteiger partial charge on any atom is -0.481 e. The number of carboxylic acid groups (broad SMARTS) is 1. The van der Waals surface area contributed by atoms with Crippen LogP contribution in [0, 0.1) is 5.92 Å². The molecule has 3 heterocycles. The molecule has 8 nitrogen and oxygen atoms in total. The predicted octanol–water partition coefficient (Wildman–Crippen LogP) is 4.87. The summed E-state index contributed by atoms with van der Waals surface area (Å²) in [6, 6.07) is 4.27. The van der Waals surface area contributed by atoms with Crippen LogP contribution in [0.5, 0.6) is 0 Å². The zero-order chi connectivity index (χ0) is 23.8. The summed E-state index contributed by atoms with van der Waals surface area (Å²) in [7, 11) is 1.42. The lowest BCUT2D eigenvalue weighted by molar-refractivity contribution is -0.143. The summed E-state index contributed by atoms with van der Waals surface area (Å²) in [6.45, 7) is 2.88. The first-order valence-electron chi connectivity index (χ1n) is 12.7. The molecule has 3 unspecified atom stereocenters. The van der Waals surface area contributed by atoms with Gasteiger partial charge in [-0.1, -0.05) is 6.42 Å². The molecular weight excluding hydrogens is 434 g/mol. The lowest BCUT2D eigenvalue weighted by Crippen LogP contribution is -2.42. The van der Waals surface area contributed by atoms with Gasteiger partial charge in [0.2, 0.25) is 0 Å². The second kappa shape index (κ2) is 9.56. The van der Waals surface area contributed by atoms with E-state index in [2.05, 4.69) is 10.6 Å². The number of carbonyl (C=O) groups is 2. The maximum atomic E-state index is 12.6. The van der Waals surface area contributed by atoms with Crippen LogP contribution in [-0.2, 0) is 27.1 Å². The highest BCUT2D eigenvalue weighted by Crippen LogP contribution is 2.41. The minimum atomic E-state index is -0.699. The Morgan fingerprint density at radius 1 is 1.21 bits per heavy atom. The molecule has 1 aliphatic carbocycles. The van der Waals surface area contributed by atoms with Crippen LogP contribution in [0.1, 0.15) is 75.7 Å². The van der Waals surface area contributed by atoms with Crippen LogP contribution in [0.4, 0.5) is 10.5 Å². The smallest absolute Gasteiger partial charge is 0.414 e. The Bertz CT molecular complexity index is 1070. The molecule has 4 atom stereocenters. The fourth-order valence-electron chi connectivity index (χ4n) is 6.19. The fraction of sp³-hybridized carbons (Fsp3) is 0.654. The van der Waals surface area contributed by atoms with Crippen molar-refractivity contribution in [2.75, 3.05) is 18.6 Å². The average Bonchev–Trinajstić information content (AvgIpc) is 3.49. The Morgan fingerprint density at radius 3 is 2.79 bits per heavy atom. The van der Waals surface area contributed by atoms with E-state index >= 15 is 0 Å². The van der Waals surface area contributed by atoms with Crippen LogP contribution in [0.3, 0.4) is 0 Å². The molecule has 1 saturated heterocycles. The van der Waals surface area contributed by atoms with Gasteiger partial charge >= 0.3 is 12.1 Å². The van der Waals surface area contributed by atoms with Gasteiger partial charge in [-0.15, -0.1) is 0 Å². The Morgan fingerprint density at radius 2 is 2.06 bits per heavy atom. The molecule has 5 rings (SSSR count). The molecule has 2 fully saturated rings. The summed E-state index contributed by atoms with van der Waals surface area (Å²) in [5, 5.41) is 9.68. The van der Waals surface area contributed by atoms with Gasteiger partial charge in [-0.3, -0.25) is 9.69 Å². The van der Waals surface area contributed by atoms with Crippen LogP contribution >= 0.6 is 0 Å². The lowest BCUT2D eigenvalue weighted by atomic mass is 9.85. The van der Waals surface area contributed by atoms with Gasteiger partial charge in [-0.2, -0.15) is 0 Å². The van der Waals surface area contributed by atoms with E-state index in [9.17, 15) is 14.7 Å². The highest BCUT2D eigenvalue weighted by atomic mass is 16.5. The number of nitrogens with zero attached hydrogens (tertiary/aromatic N) is 3. The second-order valence-corrected chi connectivity index (χ2v) is 10.1. The van der Waals surface area contributed by atoms with Gasteiger partial charge in [0.15, 0.2) is 0 Å². The molecule has 1 N–H and O–H groups in total. The second-order valence-electron chi connectivity index (χ2n) is 10.1. The van der Waals surface area contributed by atoms with Gasteiger partial charge in [0.1, 0.15) is 5.82 Å². The van der Waals surface area contributed by atoms with Crippen molar-refractivity contribution < 1.29 is 24.2 Å². The number of hydrogen-bond acceptors (Lipinski definition) is 5. The third kappa shape index (κ3) is 4.17. The first-order chi connectivity index (χ1) is 16.5. The lowest BCUT2D eigenvalue weighted by Gasteiger charge is -2.34. The van der Waals surface area contributed by atoms with E-state index in [0.29, 0.717) is 6.42 Å². The summed E-state index contributed by atoms with van der Waals surface area (Å²) in [5.41, 5.74) is 3.96. The van der Waals surface area contributed by atoms with Crippen molar-refractivity contribution in [2.45, 2.75) is 89.3 Å². The van der Waals surface area contributed by atoms with Crippen molar-refractivity contribution in [1.82, 2.24) is 9.55 Å². The number of carboxylic acids is 1. The third-order valence-electron chi connectivity index (χ3n) is 7.97. The fourth-order valence-corrected chi connectivity index (χ4v) is 6.19. The summed E-state index contributed by atoms with van der Waals surface area (Å²) < 4.78 is 13.3. The van der Waals surface area contributed by atoms with Crippen molar-refractivity contribution in [3.05, 3.63) is 23.5 Å². The Kier molecular flexibility index (Phi) is 6.51. The van der Waals surface area contributed by atoms with Crippen molar-refractivity contribution >= 4 is 28.8 Å². The first kappa shape index (κ1) is 23.1. The van der Waals surface area contributed by atoms with Crippen molar-refractivity contribution in [1.29, 1.82) is 0 Å². The Balaban J connectivity index is 1.57. The number of benzene rings is 1. The van der Waals surface area contributed by atoms with Crippen LogP contribution in [0.2, 0.25) is 0 Å². The average molecular weight is 470 g/mol. The number of fused-ring (bicyclic) bond motifs is 3. The molecule has 0 radical (unpaired) electrons. The van der Waals surface area contributed by atoms with Gasteiger partial charge < -0.3 is 19.1 Å². The summed E-state index contributed by atoms with van der Waals surface area (Å²) >= 11 is 0. The molecule has 8 heteroatoms.